The molecular formula is C18H26F2N4O4. The standard InChI is InChI=1S/C18H26F2N4O4/c1-27-11-3-6-21-16(25)13-23-7-9-24(10-8-23)18(26)22-14-4-2-5-15(12-14)28-17(19)20/h2,4-5,12,17H,3,6-11,13H2,1H3,(H,21,25)(H,22,26). The molecule has 1 heterocycles. The third-order valence-electron chi connectivity index (χ3n) is 4.18. The number of carbonyl (C=O) groups is 2. The lowest BCUT2D eigenvalue weighted by Gasteiger charge is -2.34. The fraction of sp³-hybridized carbons (Fsp3) is 0.556. The van der Waals surface area contributed by atoms with Crippen LogP contribution >= 0.6 is 0 Å². The van der Waals surface area contributed by atoms with E-state index < -0.39 is 6.61 Å². The van der Waals surface area contributed by atoms with E-state index in [9.17, 15) is 18.4 Å². The first-order valence-electron chi connectivity index (χ1n) is 9.06. The monoisotopic (exact) mass is 400 g/mol. The van der Waals surface area contributed by atoms with Crippen molar-refractivity contribution in [3.05, 3.63) is 24.3 Å². The molecule has 0 spiro atoms. The van der Waals surface area contributed by atoms with E-state index in [0.29, 0.717) is 45.0 Å². The van der Waals surface area contributed by atoms with Gasteiger partial charge >= 0.3 is 12.6 Å². The van der Waals surface area contributed by atoms with Crippen LogP contribution in [0.5, 0.6) is 5.75 Å². The number of carbonyl (C=O) groups excluding carboxylic acids is 2. The van der Waals surface area contributed by atoms with Crippen LogP contribution in [0.3, 0.4) is 0 Å². The summed E-state index contributed by atoms with van der Waals surface area (Å²) >= 11 is 0. The summed E-state index contributed by atoms with van der Waals surface area (Å²) in [5, 5.41) is 5.50. The van der Waals surface area contributed by atoms with Crippen LogP contribution in [0.4, 0.5) is 19.3 Å². The molecule has 0 atom stereocenters. The van der Waals surface area contributed by atoms with E-state index in [0.717, 1.165) is 6.42 Å². The summed E-state index contributed by atoms with van der Waals surface area (Å²) in [5.41, 5.74) is 0.376. The van der Waals surface area contributed by atoms with Crippen LogP contribution in [0.2, 0.25) is 0 Å². The summed E-state index contributed by atoms with van der Waals surface area (Å²) in [5.74, 6) is -0.0704. The number of benzene rings is 1. The van der Waals surface area contributed by atoms with Gasteiger partial charge in [-0.15, -0.1) is 0 Å². The molecule has 0 bridgehead atoms. The Bertz CT molecular complexity index is 640. The molecule has 0 aromatic heterocycles. The van der Waals surface area contributed by atoms with Gasteiger partial charge in [-0.2, -0.15) is 8.78 Å². The van der Waals surface area contributed by atoms with Crippen molar-refractivity contribution in [2.45, 2.75) is 13.0 Å². The highest BCUT2D eigenvalue weighted by molar-refractivity contribution is 5.89. The summed E-state index contributed by atoms with van der Waals surface area (Å²) in [7, 11) is 1.62. The van der Waals surface area contributed by atoms with Gasteiger partial charge in [-0.05, 0) is 18.6 Å². The molecule has 1 aliphatic heterocycles. The van der Waals surface area contributed by atoms with E-state index in [4.69, 9.17) is 4.74 Å². The van der Waals surface area contributed by atoms with Gasteiger partial charge < -0.3 is 25.0 Å². The summed E-state index contributed by atoms with van der Waals surface area (Å²) in [6, 6.07) is 5.53. The largest absolute Gasteiger partial charge is 0.435 e. The lowest BCUT2D eigenvalue weighted by Crippen LogP contribution is -2.52. The Labute approximate surface area is 162 Å². The first-order chi connectivity index (χ1) is 13.5. The van der Waals surface area contributed by atoms with Crippen molar-refractivity contribution in [3.63, 3.8) is 0 Å². The number of amides is 3. The van der Waals surface area contributed by atoms with Gasteiger partial charge in [-0.25, -0.2) is 4.79 Å². The zero-order valence-electron chi connectivity index (χ0n) is 15.8. The Hall–Kier alpha value is -2.46. The summed E-state index contributed by atoms with van der Waals surface area (Å²) in [4.78, 5) is 27.8. The number of methoxy groups -OCH3 is 1. The number of rotatable bonds is 9. The molecule has 2 rings (SSSR count). The maximum atomic E-state index is 12.3. The molecule has 0 unspecified atom stereocenters. The molecular weight excluding hydrogens is 374 g/mol. The first kappa shape index (κ1) is 21.8. The normalized spacial score (nSPS) is 14.8. The molecule has 10 heteroatoms. The number of anilines is 1. The molecule has 0 radical (unpaired) electrons. The maximum Gasteiger partial charge on any atom is 0.387 e. The SMILES string of the molecule is COCCCNC(=O)CN1CCN(C(=O)Nc2cccc(OC(F)F)c2)CC1. The van der Waals surface area contributed by atoms with Crippen LogP contribution in [0.1, 0.15) is 6.42 Å². The predicted octanol–water partition coefficient (Wildman–Crippen LogP) is 1.59. The minimum absolute atomic E-state index is 0.0193. The highest BCUT2D eigenvalue weighted by Crippen LogP contribution is 2.19. The van der Waals surface area contributed by atoms with E-state index in [1.54, 1.807) is 18.1 Å². The molecule has 2 N–H and O–H groups in total. The molecule has 156 valence electrons. The third kappa shape index (κ3) is 7.65. The highest BCUT2D eigenvalue weighted by Gasteiger charge is 2.22. The molecule has 1 aromatic rings. The Morgan fingerprint density at radius 2 is 1.96 bits per heavy atom. The number of hydrogen-bond acceptors (Lipinski definition) is 5. The van der Waals surface area contributed by atoms with E-state index in [1.807, 2.05) is 4.90 Å². The predicted molar refractivity (Wildman–Crippen MR) is 99.6 cm³/mol. The second-order valence-corrected chi connectivity index (χ2v) is 6.30. The van der Waals surface area contributed by atoms with Gasteiger partial charge in [0.15, 0.2) is 0 Å². The van der Waals surface area contributed by atoms with Crippen molar-refractivity contribution in [2.75, 3.05) is 58.3 Å². The zero-order valence-corrected chi connectivity index (χ0v) is 15.8. The number of piperazine rings is 1. The van der Waals surface area contributed by atoms with Crippen LogP contribution in [-0.2, 0) is 9.53 Å². The summed E-state index contributed by atoms with van der Waals surface area (Å²) < 4.78 is 33.8. The molecule has 1 saturated heterocycles. The van der Waals surface area contributed by atoms with E-state index in [-0.39, 0.29) is 24.2 Å². The fourth-order valence-corrected chi connectivity index (χ4v) is 2.76. The molecule has 28 heavy (non-hydrogen) atoms. The van der Waals surface area contributed by atoms with Crippen LogP contribution < -0.4 is 15.4 Å². The Balaban J connectivity index is 1.72. The van der Waals surface area contributed by atoms with Gasteiger partial charge in [-0.1, -0.05) is 6.07 Å². The average molecular weight is 400 g/mol. The van der Waals surface area contributed by atoms with Gasteiger partial charge in [0.05, 0.1) is 6.54 Å². The topological polar surface area (TPSA) is 83.1 Å². The minimum Gasteiger partial charge on any atom is -0.435 e. The van der Waals surface area contributed by atoms with Crippen molar-refractivity contribution in [1.82, 2.24) is 15.1 Å². The molecule has 8 nitrogen and oxygen atoms in total. The quantitative estimate of drug-likeness (QED) is 0.615. The number of hydrogen-bond donors (Lipinski definition) is 2. The molecule has 0 saturated carbocycles. The van der Waals surface area contributed by atoms with Crippen molar-refractivity contribution in [1.29, 1.82) is 0 Å². The van der Waals surface area contributed by atoms with E-state index in [1.165, 1.54) is 18.2 Å². The third-order valence-corrected chi connectivity index (χ3v) is 4.18. The van der Waals surface area contributed by atoms with Gasteiger partial charge in [0.25, 0.3) is 0 Å². The minimum atomic E-state index is -2.92. The zero-order chi connectivity index (χ0) is 20.4. The van der Waals surface area contributed by atoms with Gasteiger partial charge in [0.2, 0.25) is 5.91 Å². The van der Waals surface area contributed by atoms with Crippen molar-refractivity contribution < 1.29 is 27.8 Å². The molecule has 0 aliphatic carbocycles. The van der Waals surface area contributed by atoms with Crippen molar-refractivity contribution >= 4 is 17.6 Å². The number of halogens is 2. The van der Waals surface area contributed by atoms with Gasteiger partial charge in [0, 0.05) is 58.2 Å². The van der Waals surface area contributed by atoms with Crippen molar-refractivity contribution in [3.8, 4) is 5.75 Å². The number of ether oxygens (including phenoxy) is 2. The Morgan fingerprint density at radius 3 is 2.64 bits per heavy atom. The van der Waals surface area contributed by atoms with E-state index >= 15 is 0 Å². The number of nitrogens with one attached hydrogen (secondary N) is 2. The summed E-state index contributed by atoms with van der Waals surface area (Å²) in [6.07, 6.45) is 0.764. The molecule has 1 aliphatic rings. The highest BCUT2D eigenvalue weighted by atomic mass is 19.3. The number of nitrogens with zero attached hydrogens (tertiary/aromatic N) is 2. The second kappa shape index (κ2) is 11.4. The van der Waals surface area contributed by atoms with Crippen molar-refractivity contribution in [2.24, 2.45) is 0 Å². The average Bonchev–Trinajstić information content (AvgIpc) is 2.65. The van der Waals surface area contributed by atoms with E-state index in [2.05, 4.69) is 15.4 Å². The van der Waals surface area contributed by atoms with Crippen LogP contribution in [-0.4, -0.2) is 81.3 Å². The van der Waals surface area contributed by atoms with Gasteiger partial charge in [0.1, 0.15) is 5.75 Å². The summed E-state index contributed by atoms with van der Waals surface area (Å²) in [6.45, 7) is 0.632. The maximum absolute atomic E-state index is 12.3. The van der Waals surface area contributed by atoms with Gasteiger partial charge in [-0.3, -0.25) is 9.69 Å². The number of alkyl halides is 2. The lowest BCUT2D eigenvalue weighted by atomic mass is 10.3. The molecule has 3 amide bonds. The van der Waals surface area contributed by atoms with Crippen LogP contribution in [0.25, 0.3) is 0 Å². The Morgan fingerprint density at radius 1 is 1.21 bits per heavy atom. The lowest BCUT2D eigenvalue weighted by molar-refractivity contribution is -0.122. The first-order valence-corrected chi connectivity index (χ1v) is 9.06. The Kier molecular flexibility index (Phi) is 8.89. The van der Waals surface area contributed by atoms with Crippen LogP contribution in [0.15, 0.2) is 24.3 Å². The molecule has 1 aromatic carbocycles. The van der Waals surface area contributed by atoms with Crippen LogP contribution in [0, 0.1) is 0 Å². The number of urea groups is 1. The smallest absolute Gasteiger partial charge is 0.387 e. The molecule has 1 fully saturated rings. The second-order valence-electron chi connectivity index (χ2n) is 6.30. The fourth-order valence-electron chi connectivity index (χ4n) is 2.76.